The Balaban J connectivity index is 1.76. The standard InChI is InChI=1S/C10H17NO/c12-8-10-6-9(10)7-11-4-2-1-3-5-11/h12H,1-8H2. The number of hydrogen-bond acceptors (Lipinski definition) is 2. The summed E-state index contributed by atoms with van der Waals surface area (Å²) in [5.41, 5.74) is 2.79. The smallest absolute Gasteiger partial charge is 0.0648 e. The maximum atomic E-state index is 8.83. The SMILES string of the molecule is OCC1=C(CN2CCCCC2)C1. The van der Waals surface area contributed by atoms with E-state index in [0.717, 1.165) is 13.0 Å². The molecule has 1 saturated heterocycles. The topological polar surface area (TPSA) is 23.5 Å². The van der Waals surface area contributed by atoms with Gasteiger partial charge in [-0.25, -0.2) is 0 Å². The van der Waals surface area contributed by atoms with E-state index in [2.05, 4.69) is 4.90 Å². The lowest BCUT2D eigenvalue weighted by atomic mass is 10.1. The van der Waals surface area contributed by atoms with Gasteiger partial charge in [0, 0.05) is 6.54 Å². The Morgan fingerprint density at radius 3 is 2.42 bits per heavy atom. The molecule has 0 atom stereocenters. The van der Waals surface area contributed by atoms with Gasteiger partial charge in [-0.05, 0) is 37.9 Å². The van der Waals surface area contributed by atoms with Crippen LogP contribution in [0, 0.1) is 0 Å². The molecule has 2 rings (SSSR count). The van der Waals surface area contributed by atoms with Crippen molar-refractivity contribution in [2.45, 2.75) is 25.7 Å². The van der Waals surface area contributed by atoms with Crippen LogP contribution >= 0.6 is 0 Å². The van der Waals surface area contributed by atoms with Crippen LogP contribution in [0.4, 0.5) is 0 Å². The largest absolute Gasteiger partial charge is 0.392 e. The Morgan fingerprint density at radius 1 is 1.08 bits per heavy atom. The lowest BCUT2D eigenvalue weighted by Crippen LogP contribution is -2.30. The van der Waals surface area contributed by atoms with Crippen LogP contribution < -0.4 is 0 Å². The third-order valence-corrected chi connectivity index (χ3v) is 2.86. The Morgan fingerprint density at radius 2 is 1.83 bits per heavy atom. The van der Waals surface area contributed by atoms with Crippen LogP contribution in [0.2, 0.25) is 0 Å². The van der Waals surface area contributed by atoms with Crippen LogP contribution in [0.25, 0.3) is 0 Å². The van der Waals surface area contributed by atoms with Gasteiger partial charge in [0.05, 0.1) is 6.61 Å². The molecule has 0 bridgehead atoms. The van der Waals surface area contributed by atoms with Crippen molar-refractivity contribution < 1.29 is 5.11 Å². The highest BCUT2D eigenvalue weighted by atomic mass is 16.3. The van der Waals surface area contributed by atoms with E-state index in [-0.39, 0.29) is 0 Å². The molecule has 0 radical (unpaired) electrons. The lowest BCUT2D eigenvalue weighted by Gasteiger charge is -2.25. The highest BCUT2D eigenvalue weighted by Gasteiger charge is 2.22. The van der Waals surface area contributed by atoms with Crippen LogP contribution in [-0.4, -0.2) is 36.2 Å². The summed E-state index contributed by atoms with van der Waals surface area (Å²) in [6.07, 6.45) is 5.24. The molecule has 1 N–H and O–H groups in total. The predicted molar refractivity (Wildman–Crippen MR) is 49.0 cm³/mol. The van der Waals surface area contributed by atoms with Gasteiger partial charge in [-0.3, -0.25) is 4.90 Å². The normalized spacial score (nSPS) is 24.8. The highest BCUT2D eigenvalue weighted by Crippen LogP contribution is 2.31. The average molecular weight is 167 g/mol. The van der Waals surface area contributed by atoms with Crippen LogP contribution in [0.1, 0.15) is 25.7 Å². The van der Waals surface area contributed by atoms with Gasteiger partial charge in [0.2, 0.25) is 0 Å². The first-order chi connectivity index (χ1) is 5.90. The molecule has 0 amide bonds. The van der Waals surface area contributed by atoms with E-state index in [0.29, 0.717) is 6.61 Å². The fourth-order valence-corrected chi connectivity index (χ4v) is 1.94. The third kappa shape index (κ3) is 1.87. The molecule has 2 nitrogen and oxygen atoms in total. The minimum Gasteiger partial charge on any atom is -0.392 e. The summed E-state index contributed by atoms with van der Waals surface area (Å²) in [4.78, 5) is 2.52. The van der Waals surface area contributed by atoms with Crippen LogP contribution in [0.15, 0.2) is 11.1 Å². The van der Waals surface area contributed by atoms with Gasteiger partial charge >= 0.3 is 0 Å². The first-order valence-corrected chi connectivity index (χ1v) is 4.93. The summed E-state index contributed by atoms with van der Waals surface area (Å²) in [5.74, 6) is 0. The van der Waals surface area contributed by atoms with Gasteiger partial charge in [0.1, 0.15) is 0 Å². The van der Waals surface area contributed by atoms with Crippen molar-refractivity contribution in [1.82, 2.24) is 4.90 Å². The van der Waals surface area contributed by atoms with E-state index < -0.39 is 0 Å². The van der Waals surface area contributed by atoms with Crippen molar-refractivity contribution in [3.8, 4) is 0 Å². The predicted octanol–water partition coefficient (Wildman–Crippen LogP) is 1.16. The fraction of sp³-hybridized carbons (Fsp3) is 0.800. The van der Waals surface area contributed by atoms with Gasteiger partial charge in [0.25, 0.3) is 0 Å². The molecule has 0 spiro atoms. The molecule has 2 heteroatoms. The van der Waals surface area contributed by atoms with E-state index >= 15 is 0 Å². The Labute approximate surface area is 73.9 Å². The van der Waals surface area contributed by atoms with Crippen LogP contribution in [0.3, 0.4) is 0 Å². The van der Waals surface area contributed by atoms with Crippen molar-refractivity contribution >= 4 is 0 Å². The third-order valence-electron chi connectivity index (χ3n) is 2.86. The Bertz CT molecular complexity index is 192. The average Bonchev–Trinajstić information content (AvgIpc) is 2.85. The lowest BCUT2D eigenvalue weighted by molar-refractivity contribution is 0.248. The number of aliphatic hydroxyl groups is 1. The van der Waals surface area contributed by atoms with Gasteiger partial charge in [-0.2, -0.15) is 0 Å². The maximum absolute atomic E-state index is 8.83. The summed E-state index contributed by atoms with van der Waals surface area (Å²) >= 11 is 0. The van der Waals surface area contributed by atoms with Crippen molar-refractivity contribution in [3.05, 3.63) is 11.1 Å². The number of piperidine rings is 1. The first-order valence-electron chi connectivity index (χ1n) is 4.93. The quantitative estimate of drug-likeness (QED) is 0.638. The molecular weight excluding hydrogens is 150 g/mol. The molecule has 1 heterocycles. The first kappa shape index (κ1) is 8.27. The zero-order chi connectivity index (χ0) is 8.39. The molecule has 0 saturated carbocycles. The molecule has 2 aliphatic rings. The Kier molecular flexibility index (Phi) is 2.47. The number of aliphatic hydroxyl groups excluding tert-OH is 1. The maximum Gasteiger partial charge on any atom is 0.0648 e. The van der Waals surface area contributed by atoms with E-state index in [1.165, 1.54) is 43.5 Å². The summed E-state index contributed by atoms with van der Waals surface area (Å²) in [6, 6.07) is 0. The zero-order valence-electron chi connectivity index (χ0n) is 7.55. The van der Waals surface area contributed by atoms with Gasteiger partial charge in [0.15, 0.2) is 0 Å². The van der Waals surface area contributed by atoms with E-state index in [1.54, 1.807) is 0 Å². The number of nitrogens with zero attached hydrogens (tertiary/aromatic N) is 1. The Hall–Kier alpha value is -0.340. The molecule has 1 aliphatic heterocycles. The van der Waals surface area contributed by atoms with E-state index in [4.69, 9.17) is 5.11 Å². The monoisotopic (exact) mass is 167 g/mol. The second-order valence-electron chi connectivity index (χ2n) is 3.88. The van der Waals surface area contributed by atoms with Crippen molar-refractivity contribution in [2.24, 2.45) is 0 Å². The fourth-order valence-electron chi connectivity index (χ4n) is 1.94. The molecule has 12 heavy (non-hydrogen) atoms. The van der Waals surface area contributed by atoms with Crippen molar-refractivity contribution in [2.75, 3.05) is 26.2 Å². The van der Waals surface area contributed by atoms with E-state index in [9.17, 15) is 0 Å². The van der Waals surface area contributed by atoms with Gasteiger partial charge in [-0.1, -0.05) is 12.0 Å². The summed E-state index contributed by atoms with van der Waals surface area (Å²) < 4.78 is 0. The second-order valence-corrected chi connectivity index (χ2v) is 3.88. The zero-order valence-corrected chi connectivity index (χ0v) is 7.55. The molecule has 0 aromatic carbocycles. The highest BCUT2D eigenvalue weighted by molar-refractivity contribution is 5.36. The summed E-state index contributed by atoms with van der Waals surface area (Å²) in [6.45, 7) is 3.96. The van der Waals surface area contributed by atoms with Gasteiger partial charge < -0.3 is 5.11 Å². The number of hydrogen-bond donors (Lipinski definition) is 1. The summed E-state index contributed by atoms with van der Waals surface area (Å²) in [5, 5.41) is 8.83. The molecule has 1 aliphatic carbocycles. The molecular formula is C10H17NO. The van der Waals surface area contributed by atoms with Crippen LogP contribution in [0.5, 0.6) is 0 Å². The molecule has 68 valence electrons. The minimum atomic E-state index is 0.295. The summed E-state index contributed by atoms with van der Waals surface area (Å²) in [7, 11) is 0. The van der Waals surface area contributed by atoms with Crippen molar-refractivity contribution in [3.63, 3.8) is 0 Å². The molecule has 1 fully saturated rings. The second kappa shape index (κ2) is 3.58. The number of likely N-dealkylation sites (tertiary alicyclic amines) is 1. The molecule has 0 aromatic rings. The molecule has 0 unspecified atom stereocenters. The minimum absolute atomic E-state index is 0.295. The van der Waals surface area contributed by atoms with Crippen molar-refractivity contribution in [1.29, 1.82) is 0 Å². The van der Waals surface area contributed by atoms with Gasteiger partial charge in [-0.15, -0.1) is 0 Å². The molecule has 0 aromatic heterocycles. The van der Waals surface area contributed by atoms with E-state index in [1.807, 2.05) is 0 Å². The van der Waals surface area contributed by atoms with Crippen LogP contribution in [-0.2, 0) is 0 Å². The number of rotatable bonds is 3.